The zero-order chi connectivity index (χ0) is 22.6. The maximum atomic E-state index is 13.1. The number of nitrogens with zero attached hydrogens (tertiary/aromatic N) is 1. The van der Waals surface area contributed by atoms with Crippen LogP contribution in [0.5, 0.6) is 11.5 Å². The number of rotatable bonds is 5. The molecule has 0 saturated heterocycles. The average molecular weight is 457 g/mol. The summed E-state index contributed by atoms with van der Waals surface area (Å²) in [7, 11) is -0.790. The van der Waals surface area contributed by atoms with Gasteiger partial charge in [0.1, 0.15) is 11.5 Å². The molecule has 160 valence electrons. The van der Waals surface area contributed by atoms with Gasteiger partial charge in [-0.15, -0.1) is 0 Å². The Kier molecular flexibility index (Phi) is 6.74. The Bertz CT molecular complexity index is 1290. The number of nitrogens with one attached hydrogen (secondary N) is 1. The number of sulfonamides is 1. The van der Waals surface area contributed by atoms with Crippen molar-refractivity contribution in [3.63, 3.8) is 0 Å². The summed E-state index contributed by atoms with van der Waals surface area (Å²) in [6, 6.07) is 9.62. The Morgan fingerprint density at radius 1 is 0.935 bits per heavy atom. The molecule has 1 aromatic heterocycles. The SMILES string of the molecule is COc1ccncc1C#Cc1cc(Cl)ccc1NS(=O)(=O)c1ccc(OC)c(C)c1C. The van der Waals surface area contributed by atoms with Crippen molar-refractivity contribution in [2.75, 3.05) is 18.9 Å². The highest BCUT2D eigenvalue weighted by atomic mass is 35.5. The molecule has 0 aliphatic heterocycles. The second-order valence-electron chi connectivity index (χ2n) is 6.64. The molecule has 0 amide bonds. The highest BCUT2D eigenvalue weighted by molar-refractivity contribution is 7.92. The van der Waals surface area contributed by atoms with Gasteiger partial charge in [-0.3, -0.25) is 9.71 Å². The molecule has 6 nitrogen and oxygen atoms in total. The third-order valence-electron chi connectivity index (χ3n) is 4.76. The first-order valence-electron chi connectivity index (χ1n) is 9.23. The predicted octanol–water partition coefficient (Wildman–Crippen LogP) is 4.57. The maximum Gasteiger partial charge on any atom is 0.262 e. The number of methoxy groups -OCH3 is 2. The fourth-order valence-electron chi connectivity index (χ4n) is 2.98. The summed E-state index contributed by atoms with van der Waals surface area (Å²) in [5.41, 5.74) is 2.66. The lowest BCUT2D eigenvalue weighted by atomic mass is 10.1. The first kappa shape index (κ1) is 22.5. The zero-order valence-electron chi connectivity index (χ0n) is 17.5. The summed E-state index contributed by atoms with van der Waals surface area (Å²) in [6.07, 6.45) is 3.17. The van der Waals surface area contributed by atoms with Crippen molar-refractivity contribution in [2.24, 2.45) is 0 Å². The zero-order valence-corrected chi connectivity index (χ0v) is 19.1. The van der Waals surface area contributed by atoms with Crippen LogP contribution in [0.4, 0.5) is 5.69 Å². The minimum absolute atomic E-state index is 0.161. The molecule has 3 aromatic rings. The highest BCUT2D eigenvalue weighted by Crippen LogP contribution is 2.29. The van der Waals surface area contributed by atoms with E-state index in [1.54, 1.807) is 63.9 Å². The lowest BCUT2D eigenvalue weighted by molar-refractivity contribution is 0.410. The fraction of sp³-hybridized carbons (Fsp3) is 0.174. The third kappa shape index (κ3) is 4.93. The summed E-state index contributed by atoms with van der Waals surface area (Å²) < 4.78 is 39.4. The molecule has 0 fully saturated rings. The van der Waals surface area contributed by atoms with Crippen LogP contribution in [0.1, 0.15) is 22.3 Å². The van der Waals surface area contributed by atoms with E-state index < -0.39 is 10.0 Å². The number of ether oxygens (including phenoxy) is 2. The van der Waals surface area contributed by atoms with Crippen molar-refractivity contribution < 1.29 is 17.9 Å². The molecule has 31 heavy (non-hydrogen) atoms. The minimum atomic E-state index is -3.88. The Morgan fingerprint density at radius 3 is 2.35 bits per heavy atom. The fourth-order valence-corrected chi connectivity index (χ4v) is 4.53. The van der Waals surface area contributed by atoms with E-state index in [0.29, 0.717) is 38.9 Å². The van der Waals surface area contributed by atoms with Crippen molar-refractivity contribution in [3.8, 4) is 23.3 Å². The first-order valence-corrected chi connectivity index (χ1v) is 11.1. The number of benzene rings is 2. The summed E-state index contributed by atoms with van der Waals surface area (Å²) in [4.78, 5) is 4.21. The van der Waals surface area contributed by atoms with Crippen LogP contribution < -0.4 is 14.2 Å². The number of halogens is 1. The third-order valence-corrected chi connectivity index (χ3v) is 6.50. The second-order valence-corrected chi connectivity index (χ2v) is 8.72. The van der Waals surface area contributed by atoms with Gasteiger partial charge in [-0.2, -0.15) is 0 Å². The summed E-state index contributed by atoms with van der Waals surface area (Å²) in [5.74, 6) is 7.11. The minimum Gasteiger partial charge on any atom is -0.496 e. The lowest BCUT2D eigenvalue weighted by Crippen LogP contribution is -2.15. The average Bonchev–Trinajstić information content (AvgIpc) is 2.75. The molecule has 0 saturated carbocycles. The van der Waals surface area contributed by atoms with E-state index in [1.807, 2.05) is 6.92 Å². The van der Waals surface area contributed by atoms with Crippen LogP contribution in [0, 0.1) is 25.7 Å². The molecule has 1 heterocycles. The van der Waals surface area contributed by atoms with E-state index in [2.05, 4.69) is 21.5 Å². The lowest BCUT2D eigenvalue weighted by Gasteiger charge is -2.15. The number of aromatic nitrogens is 1. The molecule has 0 radical (unpaired) electrons. The highest BCUT2D eigenvalue weighted by Gasteiger charge is 2.20. The molecule has 0 aliphatic rings. The number of anilines is 1. The van der Waals surface area contributed by atoms with E-state index in [4.69, 9.17) is 21.1 Å². The van der Waals surface area contributed by atoms with Crippen LogP contribution in [0.15, 0.2) is 53.7 Å². The molecule has 0 unspecified atom stereocenters. The van der Waals surface area contributed by atoms with E-state index in [0.717, 1.165) is 5.56 Å². The number of hydrogen-bond acceptors (Lipinski definition) is 5. The van der Waals surface area contributed by atoms with Gasteiger partial charge in [-0.05, 0) is 61.4 Å². The normalized spacial score (nSPS) is 10.7. The topological polar surface area (TPSA) is 77.5 Å². The van der Waals surface area contributed by atoms with Crippen molar-refractivity contribution in [1.82, 2.24) is 4.98 Å². The van der Waals surface area contributed by atoms with Gasteiger partial charge < -0.3 is 9.47 Å². The molecular weight excluding hydrogens is 436 g/mol. The van der Waals surface area contributed by atoms with Crippen LogP contribution in [0.3, 0.4) is 0 Å². The quantitative estimate of drug-likeness (QED) is 0.569. The van der Waals surface area contributed by atoms with Gasteiger partial charge in [0, 0.05) is 17.4 Å². The van der Waals surface area contributed by atoms with Gasteiger partial charge in [0.25, 0.3) is 10.0 Å². The van der Waals surface area contributed by atoms with Gasteiger partial charge >= 0.3 is 0 Å². The summed E-state index contributed by atoms with van der Waals surface area (Å²) in [5, 5.41) is 0.432. The largest absolute Gasteiger partial charge is 0.496 e. The predicted molar refractivity (Wildman–Crippen MR) is 121 cm³/mol. The van der Waals surface area contributed by atoms with Crippen molar-refractivity contribution in [3.05, 3.63) is 76.1 Å². The van der Waals surface area contributed by atoms with E-state index in [1.165, 1.54) is 6.07 Å². The molecule has 3 rings (SSSR count). The monoisotopic (exact) mass is 456 g/mol. The molecule has 0 atom stereocenters. The Hall–Kier alpha value is -3.21. The van der Waals surface area contributed by atoms with Gasteiger partial charge in [-0.1, -0.05) is 23.4 Å². The Morgan fingerprint density at radius 2 is 1.65 bits per heavy atom. The molecule has 2 aromatic carbocycles. The van der Waals surface area contributed by atoms with Crippen LogP contribution in [0.2, 0.25) is 5.02 Å². The number of pyridine rings is 1. The van der Waals surface area contributed by atoms with Crippen LogP contribution in [-0.4, -0.2) is 27.6 Å². The molecule has 0 bridgehead atoms. The van der Waals surface area contributed by atoms with E-state index in [9.17, 15) is 8.42 Å². The Balaban J connectivity index is 2.02. The van der Waals surface area contributed by atoms with Crippen molar-refractivity contribution in [2.45, 2.75) is 18.7 Å². The van der Waals surface area contributed by atoms with Gasteiger partial charge in [0.05, 0.1) is 35.9 Å². The molecule has 8 heteroatoms. The molecule has 0 aliphatic carbocycles. The van der Waals surface area contributed by atoms with Crippen LogP contribution >= 0.6 is 11.6 Å². The van der Waals surface area contributed by atoms with Gasteiger partial charge in [0.15, 0.2) is 0 Å². The van der Waals surface area contributed by atoms with Crippen molar-refractivity contribution >= 4 is 27.3 Å². The Labute approximate surface area is 187 Å². The van der Waals surface area contributed by atoms with E-state index >= 15 is 0 Å². The maximum absolute atomic E-state index is 13.1. The molecule has 1 N–H and O–H groups in total. The van der Waals surface area contributed by atoms with Crippen LogP contribution in [0.25, 0.3) is 0 Å². The molecular formula is C23H21ClN2O4S. The number of hydrogen-bond donors (Lipinski definition) is 1. The summed E-state index contributed by atoms with van der Waals surface area (Å²) in [6.45, 7) is 3.55. The second kappa shape index (κ2) is 9.29. The smallest absolute Gasteiger partial charge is 0.262 e. The van der Waals surface area contributed by atoms with Crippen molar-refractivity contribution in [1.29, 1.82) is 0 Å². The van der Waals surface area contributed by atoms with Gasteiger partial charge in [-0.25, -0.2) is 8.42 Å². The standard InChI is InChI=1S/C23H21ClN2O4S/c1-15-16(2)23(10-9-21(15)29-3)31(27,28)26-20-8-7-19(24)13-17(20)5-6-18-14-25-12-11-22(18)30-4/h7-14,26H,1-4H3. The molecule has 0 spiro atoms. The van der Waals surface area contributed by atoms with Gasteiger partial charge in [0.2, 0.25) is 0 Å². The summed E-state index contributed by atoms with van der Waals surface area (Å²) >= 11 is 6.13. The first-order chi connectivity index (χ1) is 14.8. The van der Waals surface area contributed by atoms with E-state index in [-0.39, 0.29) is 4.90 Å². The van der Waals surface area contributed by atoms with Crippen LogP contribution in [-0.2, 0) is 10.0 Å².